The molecule has 0 aliphatic rings. The maximum Gasteiger partial charge on any atom is 0.269 e. The topological polar surface area (TPSA) is 48.1 Å². The highest BCUT2D eigenvalue weighted by atomic mass is 35.5. The number of non-ortho nitro benzene ring substituents is 1. The van der Waals surface area contributed by atoms with Gasteiger partial charge in [0.1, 0.15) is 5.15 Å². The predicted molar refractivity (Wildman–Crippen MR) is 97.6 cm³/mol. The summed E-state index contributed by atoms with van der Waals surface area (Å²) in [5.74, 6) is 0. The molecule has 7 heteroatoms. The normalized spacial score (nSPS) is 10.8. The van der Waals surface area contributed by atoms with Crippen molar-refractivity contribution in [3.63, 3.8) is 0 Å². The first-order valence-electron chi connectivity index (χ1n) is 6.97. The third-order valence-electron chi connectivity index (χ3n) is 3.73. The SMILES string of the molecule is Cc1c(Cl)c(-c2ccc([N+](=O)[O-])cc2)c(Cl)n1-c1ccc(Cl)cc1. The minimum atomic E-state index is -0.447. The zero-order valence-electron chi connectivity index (χ0n) is 12.5. The highest BCUT2D eigenvalue weighted by Crippen LogP contribution is 2.41. The minimum absolute atomic E-state index is 0.0138. The lowest BCUT2D eigenvalue weighted by atomic mass is 10.1. The van der Waals surface area contributed by atoms with E-state index in [2.05, 4.69) is 0 Å². The van der Waals surface area contributed by atoms with Crippen molar-refractivity contribution in [3.8, 4) is 16.8 Å². The van der Waals surface area contributed by atoms with Crippen molar-refractivity contribution in [1.82, 2.24) is 4.57 Å². The summed E-state index contributed by atoms with van der Waals surface area (Å²) in [4.78, 5) is 10.3. The molecule has 0 N–H and O–H groups in total. The van der Waals surface area contributed by atoms with Gasteiger partial charge in [0.15, 0.2) is 0 Å². The lowest BCUT2D eigenvalue weighted by molar-refractivity contribution is -0.384. The Kier molecular flexibility index (Phi) is 4.54. The molecule has 1 heterocycles. The van der Waals surface area contributed by atoms with Gasteiger partial charge in [-0.3, -0.25) is 10.1 Å². The molecule has 1 aromatic heterocycles. The number of aromatic nitrogens is 1. The van der Waals surface area contributed by atoms with Crippen molar-refractivity contribution in [2.24, 2.45) is 0 Å². The third-order valence-corrected chi connectivity index (χ3v) is 4.80. The molecular weight excluding hydrogens is 371 g/mol. The van der Waals surface area contributed by atoms with Crippen molar-refractivity contribution in [2.45, 2.75) is 6.92 Å². The van der Waals surface area contributed by atoms with Crippen LogP contribution in [0.2, 0.25) is 15.2 Å². The van der Waals surface area contributed by atoms with Gasteiger partial charge >= 0.3 is 0 Å². The van der Waals surface area contributed by atoms with Crippen LogP contribution in [0.5, 0.6) is 0 Å². The van der Waals surface area contributed by atoms with Crippen LogP contribution in [-0.2, 0) is 0 Å². The maximum absolute atomic E-state index is 10.8. The summed E-state index contributed by atoms with van der Waals surface area (Å²) >= 11 is 19.0. The van der Waals surface area contributed by atoms with Crippen molar-refractivity contribution in [2.75, 3.05) is 0 Å². The Morgan fingerprint density at radius 2 is 1.54 bits per heavy atom. The molecule has 0 radical (unpaired) electrons. The first-order valence-corrected chi connectivity index (χ1v) is 8.10. The fourth-order valence-corrected chi connectivity index (χ4v) is 3.41. The summed E-state index contributed by atoms with van der Waals surface area (Å²) in [7, 11) is 0. The molecule has 0 saturated heterocycles. The van der Waals surface area contributed by atoms with Crippen LogP contribution in [-0.4, -0.2) is 9.49 Å². The first-order chi connectivity index (χ1) is 11.4. The predicted octanol–water partition coefficient (Wildman–Crippen LogP) is 6.32. The molecular formula is C17H11Cl3N2O2. The number of nitro benzene ring substituents is 1. The second kappa shape index (κ2) is 6.48. The van der Waals surface area contributed by atoms with Crippen molar-refractivity contribution in [1.29, 1.82) is 0 Å². The second-order valence-electron chi connectivity index (χ2n) is 5.18. The van der Waals surface area contributed by atoms with Gasteiger partial charge in [0.05, 0.1) is 9.95 Å². The van der Waals surface area contributed by atoms with E-state index in [0.717, 1.165) is 11.4 Å². The fourth-order valence-electron chi connectivity index (χ4n) is 2.52. The van der Waals surface area contributed by atoms with Crippen molar-refractivity contribution in [3.05, 3.63) is 79.5 Å². The zero-order valence-corrected chi connectivity index (χ0v) is 14.7. The van der Waals surface area contributed by atoms with Crippen LogP contribution in [0, 0.1) is 17.0 Å². The van der Waals surface area contributed by atoms with Crippen LogP contribution in [0.4, 0.5) is 5.69 Å². The van der Waals surface area contributed by atoms with Gasteiger partial charge in [0, 0.05) is 34.1 Å². The Labute approximate surface area is 153 Å². The van der Waals surface area contributed by atoms with E-state index >= 15 is 0 Å². The molecule has 0 bridgehead atoms. The molecule has 24 heavy (non-hydrogen) atoms. The fraction of sp³-hybridized carbons (Fsp3) is 0.0588. The highest BCUT2D eigenvalue weighted by molar-refractivity contribution is 6.40. The van der Waals surface area contributed by atoms with Gasteiger partial charge in [0.2, 0.25) is 0 Å². The summed E-state index contributed by atoms with van der Waals surface area (Å²) in [6.07, 6.45) is 0. The van der Waals surface area contributed by atoms with Gasteiger partial charge in [-0.25, -0.2) is 0 Å². The number of halogens is 3. The monoisotopic (exact) mass is 380 g/mol. The lowest BCUT2D eigenvalue weighted by Gasteiger charge is -2.08. The van der Waals surface area contributed by atoms with Gasteiger partial charge in [-0.15, -0.1) is 0 Å². The number of hydrogen-bond donors (Lipinski definition) is 0. The number of rotatable bonds is 3. The van der Waals surface area contributed by atoms with Crippen molar-refractivity contribution >= 4 is 40.5 Å². The molecule has 0 fully saturated rings. The Morgan fingerprint density at radius 1 is 0.958 bits per heavy atom. The molecule has 4 nitrogen and oxygen atoms in total. The van der Waals surface area contributed by atoms with Gasteiger partial charge in [-0.05, 0) is 48.9 Å². The van der Waals surface area contributed by atoms with Crippen LogP contribution in [0.3, 0.4) is 0 Å². The van der Waals surface area contributed by atoms with Crippen LogP contribution in [0.25, 0.3) is 16.8 Å². The van der Waals surface area contributed by atoms with E-state index in [1.54, 1.807) is 24.3 Å². The molecule has 0 atom stereocenters. The molecule has 0 saturated carbocycles. The molecule has 0 spiro atoms. The number of hydrogen-bond acceptors (Lipinski definition) is 2. The summed E-state index contributed by atoms with van der Waals surface area (Å²) < 4.78 is 1.82. The van der Waals surface area contributed by atoms with Crippen LogP contribution >= 0.6 is 34.8 Å². The summed E-state index contributed by atoms with van der Waals surface area (Å²) in [5, 5.41) is 12.4. The highest BCUT2D eigenvalue weighted by Gasteiger charge is 2.20. The average Bonchev–Trinajstić information content (AvgIpc) is 2.78. The van der Waals surface area contributed by atoms with E-state index in [-0.39, 0.29) is 5.69 Å². The molecule has 3 aromatic rings. The molecule has 0 unspecified atom stereocenters. The van der Waals surface area contributed by atoms with E-state index in [4.69, 9.17) is 34.8 Å². The van der Waals surface area contributed by atoms with E-state index in [1.807, 2.05) is 23.6 Å². The molecule has 122 valence electrons. The summed E-state index contributed by atoms with van der Waals surface area (Å²) in [5.41, 5.74) is 2.97. The van der Waals surface area contributed by atoms with E-state index in [1.165, 1.54) is 12.1 Å². The molecule has 2 aromatic carbocycles. The molecule has 0 aliphatic carbocycles. The minimum Gasteiger partial charge on any atom is -0.303 e. The maximum atomic E-state index is 10.8. The van der Waals surface area contributed by atoms with Crippen LogP contribution in [0.15, 0.2) is 48.5 Å². The van der Waals surface area contributed by atoms with E-state index in [0.29, 0.717) is 26.3 Å². The third kappa shape index (κ3) is 2.88. The first kappa shape index (κ1) is 16.8. The van der Waals surface area contributed by atoms with Gasteiger partial charge in [-0.2, -0.15) is 0 Å². The zero-order chi connectivity index (χ0) is 17.4. The second-order valence-corrected chi connectivity index (χ2v) is 6.35. The van der Waals surface area contributed by atoms with Gasteiger partial charge < -0.3 is 4.57 Å². The van der Waals surface area contributed by atoms with Crippen LogP contribution < -0.4 is 0 Å². The Morgan fingerprint density at radius 3 is 2.08 bits per heavy atom. The number of nitrogens with zero attached hydrogens (tertiary/aromatic N) is 2. The number of benzene rings is 2. The van der Waals surface area contributed by atoms with Crippen molar-refractivity contribution < 1.29 is 4.92 Å². The van der Waals surface area contributed by atoms with E-state index in [9.17, 15) is 10.1 Å². The smallest absolute Gasteiger partial charge is 0.269 e. The standard InChI is InChI=1S/C17H11Cl3N2O2/c1-10-16(19)15(11-2-6-14(7-3-11)22(23)24)17(20)21(10)13-8-4-12(18)5-9-13/h2-9H,1H3. The summed E-state index contributed by atoms with van der Waals surface area (Å²) in [6.45, 7) is 1.86. The van der Waals surface area contributed by atoms with Gasteiger partial charge in [-0.1, -0.05) is 34.8 Å². The molecule has 0 aliphatic heterocycles. The van der Waals surface area contributed by atoms with Gasteiger partial charge in [0.25, 0.3) is 5.69 Å². The average molecular weight is 382 g/mol. The Hall–Kier alpha value is -2.01. The number of nitro groups is 1. The van der Waals surface area contributed by atoms with E-state index < -0.39 is 4.92 Å². The quantitative estimate of drug-likeness (QED) is 0.393. The largest absolute Gasteiger partial charge is 0.303 e. The summed E-state index contributed by atoms with van der Waals surface area (Å²) in [6, 6.07) is 13.4. The van der Waals surface area contributed by atoms with Crippen LogP contribution in [0.1, 0.15) is 5.69 Å². The molecule has 3 rings (SSSR count). The molecule has 0 amide bonds. The Balaban J connectivity index is 2.15. The Bertz CT molecular complexity index is 917. The lowest BCUT2D eigenvalue weighted by Crippen LogP contribution is -1.96.